The number of rotatable bonds is 6. The van der Waals surface area contributed by atoms with E-state index in [1.807, 2.05) is 18.2 Å². The lowest BCUT2D eigenvalue weighted by atomic mass is 9.95. The molecular weight excluding hydrogens is 400 g/mol. The Morgan fingerprint density at radius 3 is 2.80 bits per heavy atom. The van der Waals surface area contributed by atoms with Crippen molar-refractivity contribution in [2.45, 2.75) is 63.2 Å². The molecule has 2 aliphatic rings. The third kappa shape index (κ3) is 4.19. The average molecular weight is 429 g/mol. The maximum absolute atomic E-state index is 12.5. The smallest absolute Gasteiger partial charge is 0.337 e. The number of nitrogens with zero attached hydrogens (tertiary/aromatic N) is 2. The van der Waals surface area contributed by atoms with Gasteiger partial charge in [0.15, 0.2) is 5.16 Å². The van der Waals surface area contributed by atoms with Gasteiger partial charge >= 0.3 is 12.0 Å². The number of ether oxygens (including phenoxy) is 1. The van der Waals surface area contributed by atoms with E-state index < -0.39 is 12.0 Å². The third-order valence-corrected chi connectivity index (χ3v) is 6.69. The third-order valence-electron chi connectivity index (χ3n) is 5.71. The normalized spacial score (nSPS) is 20.2. The Bertz CT molecular complexity index is 978. The van der Waals surface area contributed by atoms with E-state index in [9.17, 15) is 9.59 Å². The predicted molar refractivity (Wildman–Crippen MR) is 117 cm³/mol. The summed E-state index contributed by atoms with van der Waals surface area (Å²) in [5.74, 6) is 0.0518. The highest BCUT2D eigenvalue weighted by atomic mass is 32.2. The number of hydrogen-bond acceptors (Lipinski definition) is 5. The number of aromatic nitrogens is 2. The minimum Gasteiger partial charge on any atom is -0.463 e. The number of esters is 1. The molecule has 0 spiro atoms. The molecule has 1 atom stereocenters. The number of hydrogen-bond donors (Lipinski definition) is 2. The van der Waals surface area contributed by atoms with Gasteiger partial charge in [0, 0.05) is 17.5 Å². The molecule has 1 unspecified atom stereocenters. The van der Waals surface area contributed by atoms with Crippen LogP contribution in [-0.2, 0) is 9.53 Å². The monoisotopic (exact) mass is 428 g/mol. The van der Waals surface area contributed by atoms with E-state index in [0.717, 1.165) is 29.0 Å². The predicted octanol–water partition coefficient (Wildman–Crippen LogP) is 4.15. The molecule has 0 bridgehead atoms. The summed E-state index contributed by atoms with van der Waals surface area (Å²) in [6, 6.07) is 7.96. The number of urea groups is 1. The molecule has 30 heavy (non-hydrogen) atoms. The van der Waals surface area contributed by atoms with Gasteiger partial charge in [-0.2, -0.15) is 0 Å². The number of imidazole rings is 1. The van der Waals surface area contributed by atoms with Gasteiger partial charge in [0.2, 0.25) is 0 Å². The maximum Gasteiger partial charge on any atom is 0.337 e. The molecule has 1 aliphatic heterocycles. The van der Waals surface area contributed by atoms with Gasteiger partial charge in [0.25, 0.3) is 0 Å². The highest BCUT2D eigenvalue weighted by Gasteiger charge is 2.30. The van der Waals surface area contributed by atoms with Gasteiger partial charge in [-0.15, -0.1) is 0 Å². The van der Waals surface area contributed by atoms with Crippen LogP contribution in [0.2, 0.25) is 0 Å². The van der Waals surface area contributed by atoms with Gasteiger partial charge < -0.3 is 19.9 Å². The van der Waals surface area contributed by atoms with E-state index in [-0.39, 0.29) is 6.03 Å². The molecule has 0 saturated heterocycles. The van der Waals surface area contributed by atoms with E-state index in [2.05, 4.69) is 21.3 Å². The number of carbonyl (C=O) groups is 2. The molecule has 2 amide bonds. The molecular formula is C22H28N4O3S. The Morgan fingerprint density at radius 2 is 2.03 bits per heavy atom. The Morgan fingerprint density at radius 1 is 1.27 bits per heavy atom. The molecule has 1 aromatic heterocycles. The fourth-order valence-electron chi connectivity index (χ4n) is 4.35. The SMILES string of the molecule is CCOC(=O)C1=C(CSc2nc3ccccc3n2C2CCCCC2)NC(=O)NC1C. The number of thioether (sulfide) groups is 1. The molecule has 2 N–H and O–H groups in total. The lowest BCUT2D eigenvalue weighted by Gasteiger charge is -2.27. The molecule has 7 nitrogen and oxygen atoms in total. The van der Waals surface area contributed by atoms with Gasteiger partial charge in [-0.3, -0.25) is 0 Å². The molecule has 0 radical (unpaired) electrons. The second kappa shape index (κ2) is 9.12. The lowest BCUT2D eigenvalue weighted by Crippen LogP contribution is -2.49. The summed E-state index contributed by atoms with van der Waals surface area (Å²) in [6.07, 6.45) is 6.07. The molecule has 2 heterocycles. The molecule has 1 aromatic carbocycles. The minimum absolute atomic E-state index is 0.293. The van der Waals surface area contributed by atoms with Crippen molar-refractivity contribution in [3.63, 3.8) is 0 Å². The first-order chi connectivity index (χ1) is 14.6. The lowest BCUT2D eigenvalue weighted by molar-refractivity contribution is -0.138. The van der Waals surface area contributed by atoms with E-state index in [0.29, 0.717) is 29.7 Å². The minimum atomic E-state index is -0.398. The Hall–Kier alpha value is -2.48. The van der Waals surface area contributed by atoms with Gasteiger partial charge in [0.05, 0.1) is 29.3 Å². The number of benzene rings is 1. The topological polar surface area (TPSA) is 85.2 Å². The van der Waals surface area contributed by atoms with Crippen molar-refractivity contribution in [3.8, 4) is 0 Å². The van der Waals surface area contributed by atoms with Crippen LogP contribution in [0.4, 0.5) is 4.79 Å². The number of para-hydroxylation sites is 2. The second-order valence-electron chi connectivity index (χ2n) is 7.77. The zero-order valence-corrected chi connectivity index (χ0v) is 18.3. The summed E-state index contributed by atoms with van der Waals surface area (Å²) in [4.78, 5) is 29.4. The molecule has 1 aliphatic carbocycles. The summed E-state index contributed by atoms with van der Waals surface area (Å²) in [7, 11) is 0. The summed E-state index contributed by atoms with van der Waals surface area (Å²) in [5.41, 5.74) is 3.20. The van der Waals surface area contributed by atoms with Gasteiger partial charge in [0.1, 0.15) is 0 Å². The first kappa shape index (κ1) is 20.8. The number of fused-ring (bicyclic) bond motifs is 1. The van der Waals surface area contributed by atoms with Crippen molar-refractivity contribution < 1.29 is 14.3 Å². The van der Waals surface area contributed by atoms with Crippen LogP contribution < -0.4 is 10.6 Å². The Labute approximate surface area is 180 Å². The second-order valence-corrected chi connectivity index (χ2v) is 8.71. The molecule has 2 aromatic rings. The van der Waals surface area contributed by atoms with Crippen LogP contribution in [0.15, 0.2) is 40.7 Å². The van der Waals surface area contributed by atoms with Crippen molar-refractivity contribution in [1.82, 2.24) is 20.2 Å². The van der Waals surface area contributed by atoms with Crippen LogP contribution >= 0.6 is 11.8 Å². The van der Waals surface area contributed by atoms with E-state index >= 15 is 0 Å². The molecule has 4 rings (SSSR count). The number of carbonyl (C=O) groups excluding carboxylic acids is 2. The summed E-state index contributed by atoms with van der Waals surface area (Å²) < 4.78 is 7.58. The fraction of sp³-hybridized carbons (Fsp3) is 0.500. The standard InChI is InChI=1S/C22H28N4O3S/c1-3-29-20(27)19-14(2)23-21(28)24-17(19)13-30-22-25-16-11-7-8-12-18(16)26(22)15-9-5-4-6-10-15/h7-8,11-12,14-15H,3-6,9-10,13H2,1-2H3,(H2,23,24,28). The molecule has 1 saturated carbocycles. The van der Waals surface area contributed by atoms with Gasteiger partial charge in [-0.05, 0) is 38.8 Å². The van der Waals surface area contributed by atoms with E-state index in [1.54, 1.807) is 25.6 Å². The van der Waals surface area contributed by atoms with Crippen LogP contribution in [0.5, 0.6) is 0 Å². The van der Waals surface area contributed by atoms with Crippen LogP contribution in [-0.4, -0.2) is 40.0 Å². The van der Waals surface area contributed by atoms with E-state index in [4.69, 9.17) is 9.72 Å². The number of nitrogens with one attached hydrogen (secondary N) is 2. The van der Waals surface area contributed by atoms with E-state index in [1.165, 1.54) is 19.3 Å². The quantitative estimate of drug-likeness (QED) is 0.533. The largest absolute Gasteiger partial charge is 0.463 e. The zero-order valence-electron chi connectivity index (χ0n) is 17.4. The fourth-order valence-corrected chi connectivity index (χ4v) is 5.40. The number of amides is 2. The van der Waals surface area contributed by atoms with Crippen LogP contribution in [0.3, 0.4) is 0 Å². The Kier molecular flexibility index (Phi) is 6.32. The van der Waals surface area contributed by atoms with Crippen molar-refractivity contribution >= 4 is 34.8 Å². The highest BCUT2D eigenvalue weighted by molar-refractivity contribution is 7.99. The van der Waals surface area contributed by atoms with Crippen molar-refractivity contribution in [3.05, 3.63) is 35.5 Å². The first-order valence-electron chi connectivity index (χ1n) is 10.7. The zero-order chi connectivity index (χ0) is 21.1. The summed E-state index contributed by atoms with van der Waals surface area (Å²) >= 11 is 1.56. The molecule has 1 fully saturated rings. The average Bonchev–Trinajstić information content (AvgIpc) is 3.11. The molecule has 160 valence electrons. The molecule has 8 heteroatoms. The van der Waals surface area contributed by atoms with Crippen molar-refractivity contribution in [2.75, 3.05) is 12.4 Å². The van der Waals surface area contributed by atoms with Crippen LogP contribution in [0.25, 0.3) is 11.0 Å². The summed E-state index contributed by atoms with van der Waals surface area (Å²) in [6.45, 7) is 3.87. The van der Waals surface area contributed by atoms with Gasteiger partial charge in [-0.25, -0.2) is 14.6 Å². The van der Waals surface area contributed by atoms with Crippen molar-refractivity contribution in [1.29, 1.82) is 0 Å². The van der Waals surface area contributed by atoms with Crippen LogP contribution in [0, 0.1) is 0 Å². The summed E-state index contributed by atoms with van der Waals surface area (Å²) in [5, 5.41) is 6.48. The highest BCUT2D eigenvalue weighted by Crippen LogP contribution is 2.36. The van der Waals surface area contributed by atoms with Crippen LogP contribution in [0.1, 0.15) is 52.0 Å². The Balaban J connectivity index is 1.65. The maximum atomic E-state index is 12.5. The first-order valence-corrected chi connectivity index (χ1v) is 11.6. The van der Waals surface area contributed by atoms with Gasteiger partial charge in [-0.1, -0.05) is 43.2 Å². The van der Waals surface area contributed by atoms with Crippen molar-refractivity contribution in [2.24, 2.45) is 0 Å².